The van der Waals surface area contributed by atoms with Crippen LogP contribution in [0.15, 0.2) is 30.3 Å². The number of carbonyl (C=O) groups is 5. The number of hydrogen-bond donors (Lipinski definition) is 8. The number of aliphatic hydroxyl groups excluding tert-OH is 1. The van der Waals surface area contributed by atoms with Crippen LogP contribution in [-0.4, -0.2) is 76.3 Å². The maximum atomic E-state index is 12.8. The van der Waals surface area contributed by atoms with Crippen LogP contribution in [0.3, 0.4) is 0 Å². The van der Waals surface area contributed by atoms with Gasteiger partial charge in [-0.15, -0.1) is 0 Å². The number of primary amides is 1. The number of amides is 4. The first-order valence-corrected chi connectivity index (χ1v) is 10.7. The molecule has 0 saturated heterocycles. The highest BCUT2D eigenvalue weighted by Gasteiger charge is 2.30. The van der Waals surface area contributed by atoms with E-state index < -0.39 is 60.4 Å². The molecule has 0 aliphatic carbocycles. The van der Waals surface area contributed by atoms with E-state index in [9.17, 15) is 34.2 Å². The van der Waals surface area contributed by atoms with E-state index in [0.717, 1.165) is 0 Å². The van der Waals surface area contributed by atoms with Gasteiger partial charge in [0.2, 0.25) is 23.6 Å². The van der Waals surface area contributed by atoms with E-state index in [-0.39, 0.29) is 25.0 Å². The Morgan fingerprint density at radius 3 is 1.97 bits per heavy atom. The Morgan fingerprint density at radius 1 is 0.909 bits per heavy atom. The Morgan fingerprint density at radius 2 is 1.45 bits per heavy atom. The quantitative estimate of drug-likeness (QED) is 0.130. The first-order valence-electron chi connectivity index (χ1n) is 10.0. The number of rotatable bonds is 14. The topological polar surface area (TPSA) is 214 Å². The molecular weight excluding hydrogens is 454 g/mol. The molecule has 0 aromatic heterocycles. The molecule has 1 aromatic carbocycles. The first kappa shape index (κ1) is 27.9. The summed E-state index contributed by atoms with van der Waals surface area (Å²) in [4.78, 5) is 59.9. The summed E-state index contributed by atoms with van der Waals surface area (Å²) in [5, 5.41) is 25.8. The molecule has 0 radical (unpaired) electrons. The number of aliphatic carboxylic acids is 1. The van der Waals surface area contributed by atoms with Gasteiger partial charge in [0, 0.05) is 18.6 Å². The zero-order valence-electron chi connectivity index (χ0n) is 17.8. The smallest absolute Gasteiger partial charge is 0.326 e. The fourth-order valence-corrected chi connectivity index (χ4v) is 2.87. The molecule has 1 aromatic rings. The van der Waals surface area contributed by atoms with E-state index in [4.69, 9.17) is 11.5 Å². The fourth-order valence-electron chi connectivity index (χ4n) is 2.70. The first-order chi connectivity index (χ1) is 15.6. The second kappa shape index (κ2) is 14.1. The average Bonchev–Trinajstić information content (AvgIpc) is 2.78. The molecule has 4 unspecified atom stereocenters. The zero-order chi connectivity index (χ0) is 25.0. The van der Waals surface area contributed by atoms with E-state index in [2.05, 4.69) is 28.6 Å². The van der Waals surface area contributed by atoms with Gasteiger partial charge in [-0.25, -0.2) is 4.79 Å². The van der Waals surface area contributed by atoms with E-state index in [0.29, 0.717) is 5.56 Å². The highest BCUT2D eigenvalue weighted by atomic mass is 32.1. The molecule has 0 aliphatic rings. The van der Waals surface area contributed by atoms with Crippen molar-refractivity contribution in [3.05, 3.63) is 35.9 Å². The third-order valence-electron chi connectivity index (χ3n) is 4.56. The minimum absolute atomic E-state index is 0.00647. The number of aliphatic hydroxyl groups is 1. The summed E-state index contributed by atoms with van der Waals surface area (Å²) in [6.07, 6.45) is -0.515. The van der Waals surface area contributed by atoms with Crippen molar-refractivity contribution in [2.24, 2.45) is 11.5 Å². The Labute approximate surface area is 195 Å². The molecule has 4 atom stereocenters. The van der Waals surface area contributed by atoms with Gasteiger partial charge in [0.05, 0.1) is 12.6 Å². The number of carboxylic acid groups (broad SMARTS) is 1. The van der Waals surface area contributed by atoms with Crippen LogP contribution in [0.25, 0.3) is 0 Å². The Kier molecular flexibility index (Phi) is 11.9. The molecule has 0 bridgehead atoms. The van der Waals surface area contributed by atoms with Crippen LogP contribution >= 0.6 is 12.6 Å². The lowest BCUT2D eigenvalue weighted by atomic mass is 10.0. The summed E-state index contributed by atoms with van der Waals surface area (Å²) < 4.78 is 0. The van der Waals surface area contributed by atoms with Crippen LogP contribution in [0.5, 0.6) is 0 Å². The highest BCUT2D eigenvalue weighted by molar-refractivity contribution is 7.80. The molecule has 0 heterocycles. The third-order valence-corrected chi connectivity index (χ3v) is 4.95. The number of hydrogen-bond acceptors (Lipinski definition) is 8. The maximum Gasteiger partial charge on any atom is 0.326 e. The normalized spacial score (nSPS) is 14.3. The lowest BCUT2D eigenvalue weighted by Crippen LogP contribution is -2.58. The summed E-state index contributed by atoms with van der Waals surface area (Å²) >= 11 is 3.90. The molecule has 13 heteroatoms. The van der Waals surface area contributed by atoms with Crippen LogP contribution in [0.1, 0.15) is 18.4 Å². The number of benzene rings is 1. The zero-order valence-corrected chi connectivity index (χ0v) is 18.7. The fraction of sp³-hybridized carbons (Fsp3) is 0.450. The molecule has 182 valence electrons. The van der Waals surface area contributed by atoms with Crippen molar-refractivity contribution in [2.45, 2.75) is 43.4 Å². The number of nitrogens with one attached hydrogen (secondary N) is 3. The van der Waals surface area contributed by atoms with Crippen molar-refractivity contribution in [3.8, 4) is 0 Å². The van der Waals surface area contributed by atoms with Crippen LogP contribution < -0.4 is 27.4 Å². The van der Waals surface area contributed by atoms with Gasteiger partial charge in [-0.2, -0.15) is 12.6 Å². The lowest BCUT2D eigenvalue weighted by molar-refractivity contribution is -0.142. The van der Waals surface area contributed by atoms with Crippen molar-refractivity contribution in [3.63, 3.8) is 0 Å². The number of nitrogens with two attached hydrogens (primary N) is 2. The molecule has 33 heavy (non-hydrogen) atoms. The molecular formula is C20H29N5O7S. The van der Waals surface area contributed by atoms with Gasteiger partial charge in [-0.3, -0.25) is 19.2 Å². The van der Waals surface area contributed by atoms with Crippen LogP contribution in [0, 0.1) is 0 Å². The molecule has 0 saturated carbocycles. The Bertz CT molecular complexity index is 839. The molecule has 0 aliphatic heterocycles. The van der Waals surface area contributed by atoms with E-state index >= 15 is 0 Å². The van der Waals surface area contributed by atoms with Crippen molar-refractivity contribution in [1.29, 1.82) is 0 Å². The number of carbonyl (C=O) groups excluding carboxylic acids is 4. The van der Waals surface area contributed by atoms with Crippen molar-refractivity contribution in [1.82, 2.24) is 16.0 Å². The maximum absolute atomic E-state index is 12.8. The van der Waals surface area contributed by atoms with Gasteiger partial charge >= 0.3 is 5.97 Å². The lowest BCUT2D eigenvalue weighted by Gasteiger charge is -2.24. The van der Waals surface area contributed by atoms with Gasteiger partial charge in [0.15, 0.2) is 0 Å². The molecule has 4 amide bonds. The number of carboxylic acids is 1. The summed E-state index contributed by atoms with van der Waals surface area (Å²) in [6.45, 7) is -0.771. The van der Waals surface area contributed by atoms with Gasteiger partial charge in [0.1, 0.15) is 18.1 Å². The van der Waals surface area contributed by atoms with Gasteiger partial charge in [-0.1, -0.05) is 30.3 Å². The minimum Gasteiger partial charge on any atom is -0.480 e. The summed E-state index contributed by atoms with van der Waals surface area (Å²) in [5.74, 6) is -4.54. The SMILES string of the molecule is NC(=O)CCC(NC(=O)C(Cc1ccccc1)NC(=O)C(CO)NC(=O)C(N)CS)C(=O)O. The van der Waals surface area contributed by atoms with Gasteiger partial charge in [-0.05, 0) is 12.0 Å². The second-order valence-electron chi connectivity index (χ2n) is 7.19. The monoisotopic (exact) mass is 483 g/mol. The molecule has 1 rings (SSSR count). The predicted octanol–water partition coefficient (Wildman–Crippen LogP) is -2.72. The third kappa shape index (κ3) is 9.89. The van der Waals surface area contributed by atoms with E-state index in [1.807, 2.05) is 0 Å². The van der Waals surface area contributed by atoms with E-state index in [1.165, 1.54) is 0 Å². The predicted molar refractivity (Wildman–Crippen MR) is 121 cm³/mol. The van der Waals surface area contributed by atoms with E-state index in [1.54, 1.807) is 30.3 Å². The average molecular weight is 484 g/mol. The Balaban J connectivity index is 3.01. The summed E-state index contributed by atoms with van der Waals surface area (Å²) in [7, 11) is 0. The van der Waals surface area contributed by atoms with Gasteiger partial charge in [0.25, 0.3) is 0 Å². The molecule has 12 nitrogen and oxygen atoms in total. The largest absolute Gasteiger partial charge is 0.480 e. The van der Waals surface area contributed by atoms with Crippen LogP contribution in [0.2, 0.25) is 0 Å². The van der Waals surface area contributed by atoms with Crippen LogP contribution in [-0.2, 0) is 30.4 Å². The van der Waals surface area contributed by atoms with Crippen LogP contribution in [0.4, 0.5) is 0 Å². The highest BCUT2D eigenvalue weighted by Crippen LogP contribution is 2.06. The van der Waals surface area contributed by atoms with Crippen molar-refractivity contribution < 1.29 is 34.2 Å². The van der Waals surface area contributed by atoms with Gasteiger partial charge < -0.3 is 37.6 Å². The minimum atomic E-state index is -1.41. The van der Waals surface area contributed by atoms with Crippen molar-refractivity contribution >= 4 is 42.2 Å². The van der Waals surface area contributed by atoms with Crippen molar-refractivity contribution in [2.75, 3.05) is 12.4 Å². The molecule has 0 fully saturated rings. The summed E-state index contributed by atoms with van der Waals surface area (Å²) in [5.41, 5.74) is 11.3. The molecule has 9 N–H and O–H groups in total. The Hall–Kier alpha value is -3.16. The second-order valence-corrected chi connectivity index (χ2v) is 7.55. The number of thiol groups is 1. The summed E-state index contributed by atoms with van der Waals surface area (Å²) in [6, 6.07) is 3.50. The molecule has 0 spiro atoms. The standard InChI is InChI=1S/C20H29N5O7S/c21-12(10-33)17(28)25-15(9-26)19(30)24-14(8-11-4-2-1-3-5-11)18(29)23-13(20(31)32)6-7-16(22)27/h1-5,12-15,26,33H,6-10,21H2,(H2,22,27)(H,23,29)(H,24,30)(H,25,28)(H,31,32).